The van der Waals surface area contributed by atoms with Gasteiger partial charge in [0.15, 0.2) is 5.82 Å². The highest BCUT2D eigenvalue weighted by atomic mass is 16.5. The zero-order valence-corrected chi connectivity index (χ0v) is 14.8. The van der Waals surface area contributed by atoms with Crippen LogP contribution in [0.15, 0.2) is 30.6 Å². The summed E-state index contributed by atoms with van der Waals surface area (Å²) in [7, 11) is 1.66. The Morgan fingerprint density at radius 2 is 2.16 bits per heavy atom. The fourth-order valence-electron chi connectivity index (χ4n) is 3.12. The van der Waals surface area contributed by atoms with Gasteiger partial charge in [-0.15, -0.1) is 10.2 Å². The molecule has 0 fully saturated rings. The summed E-state index contributed by atoms with van der Waals surface area (Å²) in [5.41, 5.74) is 2.70. The lowest BCUT2D eigenvalue weighted by Crippen LogP contribution is -2.47. The van der Waals surface area contributed by atoms with Crippen molar-refractivity contribution in [3.63, 3.8) is 0 Å². The van der Waals surface area contributed by atoms with Crippen molar-refractivity contribution in [1.82, 2.24) is 25.0 Å². The predicted molar refractivity (Wildman–Crippen MR) is 93.8 cm³/mol. The van der Waals surface area contributed by atoms with Gasteiger partial charge in [0.05, 0.1) is 19.2 Å². The summed E-state index contributed by atoms with van der Waals surface area (Å²) >= 11 is 0. The molecule has 0 radical (unpaired) electrons. The molecule has 0 spiro atoms. The molecule has 25 heavy (non-hydrogen) atoms. The molecule has 2 aromatic rings. The van der Waals surface area contributed by atoms with Crippen LogP contribution in [0.25, 0.3) is 0 Å². The van der Waals surface area contributed by atoms with Crippen LogP contribution in [0.4, 0.5) is 0 Å². The summed E-state index contributed by atoms with van der Waals surface area (Å²) in [5, 5.41) is 11.0. The van der Waals surface area contributed by atoms with Crippen LogP contribution in [0.3, 0.4) is 0 Å². The number of hydrogen-bond acceptors (Lipinski definition) is 5. The van der Waals surface area contributed by atoms with Crippen LogP contribution in [0.1, 0.15) is 23.9 Å². The smallest absolute Gasteiger partial charge is 0.237 e. The molecular formula is C18H25N5O2. The minimum Gasteiger partial charge on any atom is -0.383 e. The van der Waals surface area contributed by atoms with Gasteiger partial charge in [-0.25, -0.2) is 0 Å². The van der Waals surface area contributed by atoms with Gasteiger partial charge in [-0.3, -0.25) is 9.69 Å². The van der Waals surface area contributed by atoms with Crippen LogP contribution in [-0.2, 0) is 35.6 Å². The maximum atomic E-state index is 12.5. The van der Waals surface area contributed by atoms with Crippen LogP contribution in [-0.4, -0.2) is 51.9 Å². The maximum absolute atomic E-state index is 12.5. The third kappa shape index (κ3) is 4.24. The standard InChI is InChI=1S/C18H25N5O2/c1-14(22-8-7-15-5-3-4-6-16(15)12-22)18(24)19-11-17-21-20-13-23(17)9-10-25-2/h3-6,13-14H,7-12H2,1-2H3,(H,19,24). The fraction of sp³-hybridized carbons (Fsp3) is 0.500. The Bertz CT molecular complexity index is 715. The average Bonchev–Trinajstić information content (AvgIpc) is 3.10. The molecule has 0 saturated heterocycles. The van der Waals surface area contributed by atoms with Crippen molar-refractivity contribution in [2.24, 2.45) is 0 Å². The van der Waals surface area contributed by atoms with E-state index in [2.05, 4.69) is 44.7 Å². The molecule has 1 unspecified atom stereocenters. The highest BCUT2D eigenvalue weighted by Gasteiger charge is 2.25. The van der Waals surface area contributed by atoms with E-state index in [-0.39, 0.29) is 11.9 Å². The number of rotatable bonds is 7. The maximum Gasteiger partial charge on any atom is 0.237 e. The van der Waals surface area contributed by atoms with Crippen LogP contribution in [0, 0.1) is 0 Å². The van der Waals surface area contributed by atoms with Gasteiger partial charge in [-0.05, 0) is 24.5 Å². The number of aromatic nitrogens is 3. The summed E-state index contributed by atoms with van der Waals surface area (Å²) in [6, 6.07) is 8.27. The van der Waals surface area contributed by atoms with Crippen LogP contribution in [0.5, 0.6) is 0 Å². The third-order valence-electron chi connectivity index (χ3n) is 4.74. The first-order valence-corrected chi connectivity index (χ1v) is 8.63. The second-order valence-electron chi connectivity index (χ2n) is 6.32. The number of fused-ring (bicyclic) bond motifs is 1. The predicted octanol–water partition coefficient (Wildman–Crippen LogP) is 0.988. The first kappa shape index (κ1) is 17.6. The molecule has 1 aliphatic heterocycles. The lowest BCUT2D eigenvalue weighted by atomic mass is 9.99. The fourth-order valence-corrected chi connectivity index (χ4v) is 3.12. The largest absolute Gasteiger partial charge is 0.383 e. The van der Waals surface area contributed by atoms with E-state index in [0.29, 0.717) is 19.7 Å². The van der Waals surface area contributed by atoms with Crippen molar-refractivity contribution in [3.05, 3.63) is 47.5 Å². The van der Waals surface area contributed by atoms with Crippen molar-refractivity contribution >= 4 is 5.91 Å². The number of amides is 1. The van der Waals surface area contributed by atoms with Gasteiger partial charge in [0.1, 0.15) is 6.33 Å². The summed E-state index contributed by atoms with van der Waals surface area (Å²) in [4.78, 5) is 14.8. The average molecular weight is 343 g/mol. The first-order valence-electron chi connectivity index (χ1n) is 8.63. The molecule has 1 amide bonds. The highest BCUT2D eigenvalue weighted by molar-refractivity contribution is 5.81. The van der Waals surface area contributed by atoms with Crippen molar-refractivity contribution in [2.45, 2.75) is 39.0 Å². The molecule has 1 aliphatic rings. The van der Waals surface area contributed by atoms with E-state index in [0.717, 1.165) is 25.3 Å². The molecule has 134 valence electrons. The molecule has 1 N–H and O–H groups in total. The molecule has 0 bridgehead atoms. The van der Waals surface area contributed by atoms with Gasteiger partial charge in [0, 0.05) is 26.7 Å². The zero-order chi connectivity index (χ0) is 17.6. The Kier molecular flexibility index (Phi) is 5.78. The molecular weight excluding hydrogens is 318 g/mol. The summed E-state index contributed by atoms with van der Waals surface area (Å²) < 4.78 is 6.97. The van der Waals surface area contributed by atoms with E-state index in [1.54, 1.807) is 13.4 Å². The highest BCUT2D eigenvalue weighted by Crippen LogP contribution is 2.20. The third-order valence-corrected chi connectivity index (χ3v) is 4.74. The molecule has 0 aliphatic carbocycles. The Morgan fingerprint density at radius 3 is 2.96 bits per heavy atom. The lowest BCUT2D eigenvalue weighted by Gasteiger charge is -2.32. The van der Waals surface area contributed by atoms with Crippen LogP contribution < -0.4 is 5.32 Å². The number of ether oxygens (including phenoxy) is 1. The molecule has 2 heterocycles. The summed E-state index contributed by atoms with van der Waals surface area (Å²) in [6.45, 7) is 5.30. The van der Waals surface area contributed by atoms with E-state index < -0.39 is 0 Å². The minimum absolute atomic E-state index is 0.0145. The van der Waals surface area contributed by atoms with Crippen molar-refractivity contribution in [3.8, 4) is 0 Å². The van der Waals surface area contributed by atoms with Gasteiger partial charge >= 0.3 is 0 Å². The molecule has 7 nitrogen and oxygen atoms in total. The first-order chi connectivity index (χ1) is 12.2. The van der Waals surface area contributed by atoms with Crippen molar-refractivity contribution in [2.75, 3.05) is 20.3 Å². The lowest BCUT2D eigenvalue weighted by molar-refractivity contribution is -0.126. The Morgan fingerprint density at radius 1 is 1.36 bits per heavy atom. The van der Waals surface area contributed by atoms with Gasteiger partial charge in [0.25, 0.3) is 0 Å². The number of hydrogen-bond donors (Lipinski definition) is 1. The molecule has 7 heteroatoms. The van der Waals surface area contributed by atoms with E-state index in [1.807, 2.05) is 11.5 Å². The van der Waals surface area contributed by atoms with Gasteiger partial charge in [0.2, 0.25) is 5.91 Å². The SMILES string of the molecule is COCCn1cnnc1CNC(=O)C(C)N1CCc2ccccc2C1. The van der Waals surface area contributed by atoms with E-state index in [1.165, 1.54) is 11.1 Å². The number of carbonyl (C=O) groups is 1. The zero-order valence-electron chi connectivity index (χ0n) is 14.8. The number of nitrogens with zero attached hydrogens (tertiary/aromatic N) is 4. The van der Waals surface area contributed by atoms with Gasteiger partial charge < -0.3 is 14.6 Å². The van der Waals surface area contributed by atoms with E-state index >= 15 is 0 Å². The van der Waals surface area contributed by atoms with Crippen LogP contribution in [0.2, 0.25) is 0 Å². The topological polar surface area (TPSA) is 72.3 Å². The number of carbonyl (C=O) groups excluding carboxylic acids is 1. The number of benzene rings is 1. The monoisotopic (exact) mass is 343 g/mol. The molecule has 3 rings (SSSR count). The molecule has 0 saturated carbocycles. The Balaban J connectivity index is 1.54. The van der Waals surface area contributed by atoms with Gasteiger partial charge in [-0.2, -0.15) is 0 Å². The Hall–Kier alpha value is -2.25. The second-order valence-corrected chi connectivity index (χ2v) is 6.32. The summed E-state index contributed by atoms with van der Waals surface area (Å²) in [5.74, 6) is 0.752. The quantitative estimate of drug-likeness (QED) is 0.812. The molecule has 1 atom stereocenters. The summed E-state index contributed by atoms with van der Waals surface area (Å²) in [6.07, 6.45) is 2.64. The van der Waals surface area contributed by atoms with Gasteiger partial charge in [-0.1, -0.05) is 24.3 Å². The molecule has 1 aromatic carbocycles. The number of nitrogens with one attached hydrogen (secondary N) is 1. The van der Waals surface area contributed by atoms with E-state index in [4.69, 9.17) is 4.74 Å². The minimum atomic E-state index is -0.177. The Labute approximate surface area is 148 Å². The van der Waals surface area contributed by atoms with Crippen molar-refractivity contribution in [1.29, 1.82) is 0 Å². The van der Waals surface area contributed by atoms with Crippen LogP contribution >= 0.6 is 0 Å². The van der Waals surface area contributed by atoms with E-state index in [9.17, 15) is 4.79 Å². The second kappa shape index (κ2) is 8.22. The van der Waals surface area contributed by atoms with Crippen molar-refractivity contribution < 1.29 is 9.53 Å². The number of methoxy groups -OCH3 is 1. The normalized spacial score (nSPS) is 15.6. The molecule has 1 aromatic heterocycles.